The lowest BCUT2D eigenvalue weighted by Gasteiger charge is -2.39. The van der Waals surface area contributed by atoms with Crippen LogP contribution in [-0.2, 0) is 23.7 Å². The first-order valence-electron chi connectivity index (χ1n) is 23.6. The Bertz CT molecular complexity index is 968. The smallest absolute Gasteiger partial charge is 0.306 e. The van der Waals surface area contributed by atoms with Gasteiger partial charge in [-0.15, -0.1) is 0 Å². The highest BCUT2D eigenvalue weighted by atomic mass is 16.7. The summed E-state index contributed by atoms with van der Waals surface area (Å²) < 4.78 is 22.8. The Hall–Kier alpha value is -1.59. The molecular formula is C48H88O9. The van der Waals surface area contributed by atoms with Crippen LogP contribution in [0.5, 0.6) is 0 Å². The normalized spacial score (nSPS) is 20.7. The van der Waals surface area contributed by atoms with E-state index in [2.05, 4.69) is 50.3 Å². The van der Waals surface area contributed by atoms with Crippen molar-refractivity contribution < 1.29 is 44.2 Å². The molecule has 9 nitrogen and oxygen atoms in total. The molecule has 0 radical (unpaired) electrons. The second-order valence-corrected chi connectivity index (χ2v) is 16.2. The third-order valence-electron chi connectivity index (χ3n) is 10.8. The van der Waals surface area contributed by atoms with E-state index in [-0.39, 0.29) is 19.2 Å². The second-order valence-electron chi connectivity index (χ2n) is 16.2. The molecule has 57 heavy (non-hydrogen) atoms. The van der Waals surface area contributed by atoms with Gasteiger partial charge in [0.1, 0.15) is 30.5 Å². The molecule has 0 aromatic carbocycles. The molecule has 9 heteroatoms. The molecule has 1 rings (SSSR count). The van der Waals surface area contributed by atoms with E-state index in [0.29, 0.717) is 13.0 Å². The van der Waals surface area contributed by atoms with E-state index in [9.17, 15) is 25.2 Å². The maximum atomic E-state index is 12.8. The molecule has 1 heterocycles. The number of carbonyl (C=O) groups excluding carboxylic acids is 1. The molecule has 1 aliphatic rings. The average Bonchev–Trinajstić information content (AvgIpc) is 3.21. The molecule has 1 aliphatic heterocycles. The summed E-state index contributed by atoms with van der Waals surface area (Å²) in [6.07, 6.45) is 40.2. The van der Waals surface area contributed by atoms with Crippen LogP contribution in [0.15, 0.2) is 36.5 Å². The van der Waals surface area contributed by atoms with Gasteiger partial charge in [-0.05, 0) is 70.6 Å². The van der Waals surface area contributed by atoms with Gasteiger partial charge in [-0.2, -0.15) is 0 Å². The lowest BCUT2D eigenvalue weighted by atomic mass is 9.99. The highest BCUT2D eigenvalue weighted by Crippen LogP contribution is 2.22. The SMILES string of the molecule is CCCCC/C=C\C/C=C\CCCCCCCCCC(=O)OC(COCCCCCCCC/C=C\CCCCCCCCC)COC1OC(CO)C(O)C(O)C1O. The fourth-order valence-corrected chi connectivity index (χ4v) is 7.05. The summed E-state index contributed by atoms with van der Waals surface area (Å²) in [5.74, 6) is -0.323. The van der Waals surface area contributed by atoms with Crippen LogP contribution in [-0.4, -0.2) is 89.6 Å². The Labute approximate surface area is 349 Å². The first kappa shape index (κ1) is 53.4. The topological polar surface area (TPSA) is 135 Å². The molecular weight excluding hydrogens is 721 g/mol. The van der Waals surface area contributed by atoms with Gasteiger partial charge in [0.15, 0.2) is 6.29 Å². The monoisotopic (exact) mass is 809 g/mol. The van der Waals surface area contributed by atoms with Crippen molar-refractivity contribution in [3.8, 4) is 0 Å². The molecule has 4 N–H and O–H groups in total. The van der Waals surface area contributed by atoms with E-state index < -0.39 is 43.4 Å². The number of hydrogen-bond donors (Lipinski definition) is 4. The molecule has 1 saturated heterocycles. The molecule has 0 aromatic heterocycles. The summed E-state index contributed by atoms with van der Waals surface area (Å²) in [5, 5.41) is 40.1. The van der Waals surface area contributed by atoms with Crippen LogP contribution in [0.4, 0.5) is 0 Å². The summed E-state index contributed by atoms with van der Waals surface area (Å²) in [6, 6.07) is 0. The Morgan fingerprint density at radius 2 is 1.02 bits per heavy atom. The highest BCUT2D eigenvalue weighted by Gasteiger charge is 2.44. The van der Waals surface area contributed by atoms with Gasteiger partial charge >= 0.3 is 5.97 Å². The maximum absolute atomic E-state index is 12.8. The number of carbonyl (C=O) groups is 1. The van der Waals surface area contributed by atoms with Crippen LogP contribution in [0.3, 0.4) is 0 Å². The standard InChI is InChI=1S/C48H88O9/c1-3-5-7-9-11-13-15-17-19-21-23-25-27-29-31-33-35-37-44(50)56-42(41-55-48-47(53)46(52)45(51)43(39-49)57-48)40-54-38-36-34-32-30-28-26-24-22-20-18-16-14-12-10-8-6-4-2/h11,13,17,19-20,22,42-43,45-49,51-53H,3-10,12,14-16,18,21,23-41H2,1-2H3/b13-11-,19-17-,22-20-. The minimum Gasteiger partial charge on any atom is -0.457 e. The van der Waals surface area contributed by atoms with Crippen LogP contribution in [0.1, 0.15) is 200 Å². The first-order valence-corrected chi connectivity index (χ1v) is 23.6. The van der Waals surface area contributed by atoms with E-state index in [0.717, 1.165) is 44.9 Å². The van der Waals surface area contributed by atoms with Crippen molar-refractivity contribution in [2.24, 2.45) is 0 Å². The van der Waals surface area contributed by atoms with Crippen LogP contribution < -0.4 is 0 Å². The zero-order valence-corrected chi connectivity index (χ0v) is 36.6. The Morgan fingerprint density at radius 1 is 0.561 bits per heavy atom. The third-order valence-corrected chi connectivity index (χ3v) is 10.8. The molecule has 0 spiro atoms. The van der Waals surface area contributed by atoms with Crippen molar-refractivity contribution in [3.05, 3.63) is 36.5 Å². The van der Waals surface area contributed by atoms with Gasteiger partial charge in [-0.1, -0.05) is 159 Å². The van der Waals surface area contributed by atoms with Crippen LogP contribution in [0.25, 0.3) is 0 Å². The summed E-state index contributed by atoms with van der Waals surface area (Å²) in [4.78, 5) is 12.8. The minimum absolute atomic E-state index is 0.118. The second kappa shape index (κ2) is 39.8. The molecule has 0 aromatic rings. The number of esters is 1. The van der Waals surface area contributed by atoms with Crippen LogP contribution >= 0.6 is 0 Å². The van der Waals surface area contributed by atoms with Crippen molar-refractivity contribution in [3.63, 3.8) is 0 Å². The Morgan fingerprint density at radius 3 is 1.56 bits per heavy atom. The van der Waals surface area contributed by atoms with E-state index in [4.69, 9.17) is 18.9 Å². The summed E-state index contributed by atoms with van der Waals surface area (Å²) >= 11 is 0. The molecule has 334 valence electrons. The van der Waals surface area contributed by atoms with Gasteiger partial charge in [0.2, 0.25) is 0 Å². The van der Waals surface area contributed by atoms with Gasteiger partial charge in [0, 0.05) is 13.0 Å². The lowest BCUT2D eigenvalue weighted by Crippen LogP contribution is -2.59. The first-order chi connectivity index (χ1) is 27.9. The zero-order valence-electron chi connectivity index (χ0n) is 36.6. The lowest BCUT2D eigenvalue weighted by molar-refractivity contribution is -0.305. The predicted molar refractivity (Wildman–Crippen MR) is 233 cm³/mol. The van der Waals surface area contributed by atoms with Crippen molar-refractivity contribution in [1.29, 1.82) is 0 Å². The molecule has 0 aliphatic carbocycles. The number of aliphatic hydroxyl groups excluding tert-OH is 4. The third kappa shape index (κ3) is 31.0. The molecule has 0 bridgehead atoms. The number of rotatable bonds is 40. The zero-order chi connectivity index (χ0) is 41.4. The van der Waals surface area contributed by atoms with E-state index in [1.54, 1.807) is 0 Å². The van der Waals surface area contributed by atoms with Gasteiger partial charge in [0.05, 0.1) is 19.8 Å². The van der Waals surface area contributed by atoms with Crippen LogP contribution in [0, 0.1) is 0 Å². The van der Waals surface area contributed by atoms with Crippen molar-refractivity contribution in [1.82, 2.24) is 0 Å². The van der Waals surface area contributed by atoms with Gasteiger partial charge in [-0.3, -0.25) is 4.79 Å². The summed E-state index contributed by atoms with van der Waals surface area (Å²) in [7, 11) is 0. The number of hydrogen-bond acceptors (Lipinski definition) is 9. The van der Waals surface area contributed by atoms with Crippen LogP contribution in [0.2, 0.25) is 0 Å². The number of allylic oxidation sites excluding steroid dienone is 6. The molecule has 6 unspecified atom stereocenters. The van der Waals surface area contributed by atoms with Gasteiger partial charge < -0.3 is 39.4 Å². The summed E-state index contributed by atoms with van der Waals surface area (Å²) in [6.45, 7) is 4.52. The summed E-state index contributed by atoms with van der Waals surface area (Å²) in [5.41, 5.74) is 0. The number of aliphatic hydroxyl groups is 4. The number of unbranched alkanes of at least 4 members (excludes halogenated alkanes) is 23. The average molecular weight is 809 g/mol. The maximum Gasteiger partial charge on any atom is 0.306 e. The predicted octanol–water partition coefficient (Wildman–Crippen LogP) is 10.8. The van der Waals surface area contributed by atoms with Gasteiger partial charge in [0.25, 0.3) is 0 Å². The van der Waals surface area contributed by atoms with Crippen molar-refractivity contribution >= 4 is 5.97 Å². The molecule has 0 amide bonds. The Balaban J connectivity index is 2.26. The van der Waals surface area contributed by atoms with E-state index in [1.807, 2.05) is 0 Å². The molecule has 1 fully saturated rings. The highest BCUT2D eigenvalue weighted by molar-refractivity contribution is 5.69. The minimum atomic E-state index is -1.54. The van der Waals surface area contributed by atoms with Crippen molar-refractivity contribution in [2.75, 3.05) is 26.4 Å². The largest absolute Gasteiger partial charge is 0.457 e. The fraction of sp³-hybridized carbons (Fsp3) is 0.854. The quantitative estimate of drug-likeness (QED) is 0.0271. The molecule has 6 atom stereocenters. The van der Waals surface area contributed by atoms with E-state index >= 15 is 0 Å². The molecule has 0 saturated carbocycles. The van der Waals surface area contributed by atoms with Crippen molar-refractivity contribution in [2.45, 2.75) is 237 Å². The Kier molecular flexibility index (Phi) is 37.4. The fourth-order valence-electron chi connectivity index (χ4n) is 7.05. The van der Waals surface area contributed by atoms with Gasteiger partial charge in [-0.25, -0.2) is 0 Å². The number of ether oxygens (including phenoxy) is 4. The van der Waals surface area contributed by atoms with E-state index in [1.165, 1.54) is 135 Å².